The Bertz CT molecular complexity index is 427. The molecule has 0 bridgehead atoms. The average molecular weight is 275 g/mol. The minimum atomic E-state index is -0.225. The van der Waals surface area contributed by atoms with E-state index in [4.69, 9.17) is 5.73 Å². The molecule has 0 saturated carbocycles. The summed E-state index contributed by atoms with van der Waals surface area (Å²) >= 11 is 0. The fourth-order valence-electron chi connectivity index (χ4n) is 2.61. The van der Waals surface area contributed by atoms with Crippen molar-refractivity contribution in [3.63, 3.8) is 0 Å². The van der Waals surface area contributed by atoms with Gasteiger partial charge in [-0.3, -0.25) is 4.79 Å². The Morgan fingerprint density at radius 1 is 1.35 bits per heavy atom. The van der Waals surface area contributed by atoms with E-state index in [0.29, 0.717) is 6.42 Å². The lowest BCUT2D eigenvalue weighted by Gasteiger charge is -2.34. The van der Waals surface area contributed by atoms with E-state index in [1.54, 1.807) is 0 Å². The van der Waals surface area contributed by atoms with Crippen molar-refractivity contribution in [1.29, 1.82) is 0 Å². The van der Waals surface area contributed by atoms with Crippen LogP contribution in [0.5, 0.6) is 0 Å². The number of nitrogens with two attached hydrogens (primary N) is 1. The van der Waals surface area contributed by atoms with E-state index < -0.39 is 0 Å². The minimum absolute atomic E-state index is 0.0427. The first-order chi connectivity index (χ1) is 9.59. The first-order valence-corrected chi connectivity index (χ1v) is 7.37. The van der Waals surface area contributed by atoms with Crippen LogP contribution >= 0.6 is 0 Å². The molecule has 1 aromatic carbocycles. The highest BCUT2D eigenvalue weighted by atomic mass is 16.1. The second-order valence-electron chi connectivity index (χ2n) is 6.06. The van der Waals surface area contributed by atoms with E-state index in [1.807, 2.05) is 30.3 Å². The van der Waals surface area contributed by atoms with E-state index in [-0.39, 0.29) is 17.4 Å². The van der Waals surface area contributed by atoms with Crippen LogP contribution in [-0.4, -0.2) is 25.5 Å². The quantitative estimate of drug-likeness (QED) is 0.764. The molecule has 0 radical (unpaired) electrons. The number of carbonyl (C=O) groups is 1. The van der Waals surface area contributed by atoms with Gasteiger partial charge in [0.15, 0.2) is 0 Å². The molecule has 1 heterocycles. The normalized spacial score (nSPS) is 19.3. The van der Waals surface area contributed by atoms with Crippen molar-refractivity contribution >= 4 is 5.91 Å². The molecule has 0 spiro atoms. The Labute approximate surface area is 121 Å². The molecule has 4 heteroatoms. The zero-order chi connectivity index (χ0) is 14.4. The predicted molar refractivity (Wildman–Crippen MR) is 81.2 cm³/mol. The van der Waals surface area contributed by atoms with E-state index >= 15 is 0 Å². The number of piperidine rings is 1. The number of carbonyl (C=O) groups excluding carboxylic acids is 1. The Balaban J connectivity index is 1.78. The van der Waals surface area contributed by atoms with Crippen molar-refractivity contribution in [2.24, 2.45) is 11.1 Å². The molecule has 1 aliphatic heterocycles. The summed E-state index contributed by atoms with van der Waals surface area (Å²) in [6.45, 7) is 5.06. The molecule has 20 heavy (non-hydrogen) atoms. The van der Waals surface area contributed by atoms with Gasteiger partial charge < -0.3 is 16.4 Å². The highest BCUT2D eigenvalue weighted by Gasteiger charge is 2.27. The zero-order valence-corrected chi connectivity index (χ0v) is 12.2. The van der Waals surface area contributed by atoms with Crippen molar-refractivity contribution < 1.29 is 4.79 Å². The lowest BCUT2D eigenvalue weighted by Crippen LogP contribution is -2.43. The first kappa shape index (κ1) is 15.0. The first-order valence-electron chi connectivity index (χ1n) is 7.37. The van der Waals surface area contributed by atoms with Gasteiger partial charge in [0.25, 0.3) is 0 Å². The van der Waals surface area contributed by atoms with Crippen LogP contribution in [-0.2, 0) is 4.79 Å². The van der Waals surface area contributed by atoms with Crippen molar-refractivity contribution in [3.8, 4) is 0 Å². The average Bonchev–Trinajstić information content (AvgIpc) is 2.47. The van der Waals surface area contributed by atoms with Crippen LogP contribution in [0.2, 0.25) is 0 Å². The van der Waals surface area contributed by atoms with Gasteiger partial charge in [-0.2, -0.15) is 0 Å². The molecule has 1 unspecified atom stereocenters. The van der Waals surface area contributed by atoms with Crippen molar-refractivity contribution in [1.82, 2.24) is 10.6 Å². The summed E-state index contributed by atoms with van der Waals surface area (Å²) in [6.07, 6.45) is 2.56. The summed E-state index contributed by atoms with van der Waals surface area (Å²) < 4.78 is 0. The van der Waals surface area contributed by atoms with E-state index in [2.05, 4.69) is 17.6 Å². The van der Waals surface area contributed by atoms with Crippen molar-refractivity contribution in [2.45, 2.75) is 32.2 Å². The van der Waals surface area contributed by atoms with Crippen LogP contribution in [0.25, 0.3) is 0 Å². The molecular weight excluding hydrogens is 250 g/mol. The second kappa shape index (κ2) is 6.86. The lowest BCUT2D eigenvalue weighted by molar-refractivity contribution is -0.122. The van der Waals surface area contributed by atoms with Crippen LogP contribution in [0.1, 0.15) is 37.8 Å². The molecular formula is C16H25N3O. The maximum Gasteiger partial charge on any atom is 0.221 e. The summed E-state index contributed by atoms with van der Waals surface area (Å²) in [5, 5.41) is 6.40. The maximum atomic E-state index is 12.0. The minimum Gasteiger partial charge on any atom is -0.355 e. The third-order valence-electron chi connectivity index (χ3n) is 4.16. The van der Waals surface area contributed by atoms with Gasteiger partial charge in [0.05, 0.1) is 0 Å². The van der Waals surface area contributed by atoms with Gasteiger partial charge in [-0.15, -0.1) is 0 Å². The van der Waals surface area contributed by atoms with E-state index in [0.717, 1.165) is 38.0 Å². The Kier molecular flexibility index (Phi) is 5.15. The molecule has 1 aliphatic rings. The summed E-state index contributed by atoms with van der Waals surface area (Å²) in [5.74, 6) is 0.0427. The largest absolute Gasteiger partial charge is 0.355 e. The molecule has 0 aromatic heterocycles. The third-order valence-corrected chi connectivity index (χ3v) is 4.16. The Morgan fingerprint density at radius 3 is 2.65 bits per heavy atom. The van der Waals surface area contributed by atoms with E-state index in [9.17, 15) is 4.79 Å². The fraction of sp³-hybridized carbons (Fsp3) is 0.562. The molecule has 1 amide bonds. The summed E-state index contributed by atoms with van der Waals surface area (Å²) in [6, 6.07) is 9.55. The topological polar surface area (TPSA) is 67.2 Å². The third kappa shape index (κ3) is 4.32. The number of nitrogens with one attached hydrogen (secondary N) is 2. The van der Waals surface area contributed by atoms with Crippen LogP contribution in [0.3, 0.4) is 0 Å². The number of benzene rings is 1. The molecule has 1 saturated heterocycles. The van der Waals surface area contributed by atoms with Crippen LogP contribution in [0, 0.1) is 5.41 Å². The molecule has 0 aliphatic carbocycles. The predicted octanol–water partition coefficient (Wildman–Crippen LogP) is 1.58. The smallest absolute Gasteiger partial charge is 0.221 e. The highest BCUT2D eigenvalue weighted by Crippen LogP contribution is 2.26. The molecule has 1 aromatic rings. The lowest BCUT2D eigenvalue weighted by atomic mass is 9.81. The van der Waals surface area contributed by atoms with Gasteiger partial charge >= 0.3 is 0 Å². The monoisotopic (exact) mass is 275 g/mol. The van der Waals surface area contributed by atoms with Gasteiger partial charge in [0.1, 0.15) is 0 Å². The molecule has 110 valence electrons. The Hall–Kier alpha value is -1.39. The molecule has 2 rings (SSSR count). The van der Waals surface area contributed by atoms with Crippen LogP contribution in [0.4, 0.5) is 0 Å². The van der Waals surface area contributed by atoms with Gasteiger partial charge in [-0.25, -0.2) is 0 Å². The van der Waals surface area contributed by atoms with Gasteiger partial charge in [0, 0.05) is 19.0 Å². The van der Waals surface area contributed by atoms with Crippen molar-refractivity contribution in [2.75, 3.05) is 19.6 Å². The van der Waals surface area contributed by atoms with Crippen LogP contribution < -0.4 is 16.4 Å². The van der Waals surface area contributed by atoms with Gasteiger partial charge in [-0.05, 0) is 36.9 Å². The summed E-state index contributed by atoms with van der Waals surface area (Å²) in [7, 11) is 0. The number of hydrogen-bond donors (Lipinski definition) is 3. The summed E-state index contributed by atoms with van der Waals surface area (Å²) in [5.41, 5.74) is 7.30. The van der Waals surface area contributed by atoms with Crippen molar-refractivity contribution in [3.05, 3.63) is 35.9 Å². The number of amides is 1. The molecule has 1 fully saturated rings. The fourth-order valence-corrected chi connectivity index (χ4v) is 2.61. The van der Waals surface area contributed by atoms with Crippen LogP contribution in [0.15, 0.2) is 30.3 Å². The number of rotatable bonds is 5. The molecule has 4 N–H and O–H groups in total. The summed E-state index contributed by atoms with van der Waals surface area (Å²) in [4.78, 5) is 12.0. The maximum absolute atomic E-state index is 12.0. The molecule has 1 atom stereocenters. The second-order valence-corrected chi connectivity index (χ2v) is 6.06. The highest BCUT2D eigenvalue weighted by molar-refractivity contribution is 5.76. The van der Waals surface area contributed by atoms with Gasteiger partial charge in [0.2, 0.25) is 5.91 Å². The Morgan fingerprint density at radius 2 is 2.00 bits per heavy atom. The van der Waals surface area contributed by atoms with Gasteiger partial charge in [-0.1, -0.05) is 37.3 Å². The number of hydrogen-bond acceptors (Lipinski definition) is 3. The standard InChI is InChI=1S/C16H25N3O/c1-16(7-9-18-10-8-16)12-19-15(20)11-14(17)13-5-3-2-4-6-13/h2-6,14,18H,7-12,17H2,1H3,(H,19,20). The zero-order valence-electron chi connectivity index (χ0n) is 12.2. The molecule has 4 nitrogen and oxygen atoms in total. The SMILES string of the molecule is CC1(CNC(=O)CC(N)c2ccccc2)CCNCC1. The van der Waals surface area contributed by atoms with E-state index in [1.165, 1.54) is 0 Å².